The van der Waals surface area contributed by atoms with Crippen molar-refractivity contribution in [3.8, 4) is 0 Å². The van der Waals surface area contributed by atoms with Crippen molar-refractivity contribution >= 4 is 28.9 Å². The Hall–Kier alpha value is -3.27. The third-order valence-corrected chi connectivity index (χ3v) is 9.32. The Morgan fingerprint density at radius 3 is 2.66 bits per heavy atom. The van der Waals surface area contributed by atoms with Gasteiger partial charge in [-0.1, -0.05) is 17.7 Å². The first-order valence-corrected chi connectivity index (χ1v) is 13.4. The molecular formula is C27H30ClFN6O3. The van der Waals surface area contributed by atoms with Crippen molar-refractivity contribution in [3.63, 3.8) is 0 Å². The number of aromatic nitrogens is 4. The Bertz CT molecular complexity index is 1410. The van der Waals surface area contributed by atoms with Gasteiger partial charge in [0.2, 0.25) is 5.91 Å². The van der Waals surface area contributed by atoms with E-state index < -0.39 is 10.7 Å². The lowest BCUT2D eigenvalue weighted by Gasteiger charge is -2.61. The molecule has 2 aromatic heterocycles. The zero-order chi connectivity index (χ0) is 26.8. The molecule has 0 radical (unpaired) electrons. The number of nitro groups is 1. The molecule has 4 aliphatic rings. The lowest BCUT2D eigenvalue weighted by atomic mass is 9.46. The zero-order valence-corrected chi connectivity index (χ0v) is 22.2. The summed E-state index contributed by atoms with van der Waals surface area (Å²) < 4.78 is 17.8. The number of hydrogen-bond donors (Lipinski definition) is 1. The van der Waals surface area contributed by atoms with E-state index in [1.807, 2.05) is 18.5 Å². The van der Waals surface area contributed by atoms with Crippen LogP contribution in [0, 0.1) is 47.0 Å². The summed E-state index contributed by atoms with van der Waals surface area (Å²) >= 11 is 6.22. The molecule has 38 heavy (non-hydrogen) atoms. The van der Waals surface area contributed by atoms with Crippen molar-refractivity contribution in [2.24, 2.45) is 17.3 Å². The molecule has 7 rings (SSSR count). The minimum atomic E-state index is -0.405. The molecule has 2 unspecified atom stereocenters. The normalized spacial score (nSPS) is 27.6. The number of carbonyl (C=O) groups is 1. The monoisotopic (exact) mass is 540 g/mol. The van der Waals surface area contributed by atoms with E-state index in [1.54, 1.807) is 23.0 Å². The van der Waals surface area contributed by atoms with Crippen molar-refractivity contribution < 1.29 is 14.1 Å². The van der Waals surface area contributed by atoms with Gasteiger partial charge in [0.05, 0.1) is 34.1 Å². The summed E-state index contributed by atoms with van der Waals surface area (Å²) in [4.78, 5) is 24.3. The van der Waals surface area contributed by atoms with Gasteiger partial charge in [0.15, 0.2) is 0 Å². The van der Waals surface area contributed by atoms with Crippen LogP contribution >= 0.6 is 11.6 Å². The number of aryl methyl sites for hydroxylation is 1. The van der Waals surface area contributed by atoms with Gasteiger partial charge in [-0.3, -0.25) is 24.3 Å². The van der Waals surface area contributed by atoms with Gasteiger partial charge >= 0.3 is 5.69 Å². The molecule has 0 aliphatic heterocycles. The maximum Gasteiger partial charge on any atom is 0.307 e. The summed E-state index contributed by atoms with van der Waals surface area (Å²) in [6.45, 7) is 3.85. The first-order valence-electron chi connectivity index (χ1n) is 13.0. The Morgan fingerprint density at radius 1 is 1.26 bits per heavy atom. The van der Waals surface area contributed by atoms with Crippen LogP contribution in [0.1, 0.15) is 61.9 Å². The molecule has 1 amide bonds. The number of rotatable bonds is 7. The van der Waals surface area contributed by atoms with Crippen molar-refractivity contribution in [2.45, 2.75) is 70.9 Å². The number of amides is 1. The van der Waals surface area contributed by atoms with Crippen LogP contribution in [-0.4, -0.2) is 30.4 Å². The average Bonchev–Trinajstić information content (AvgIpc) is 3.43. The Morgan fingerprint density at radius 2 is 2.00 bits per heavy atom. The van der Waals surface area contributed by atoms with Crippen molar-refractivity contribution in [1.82, 2.24) is 19.6 Å². The molecule has 0 saturated heterocycles. The maximum absolute atomic E-state index is 14.4. The van der Waals surface area contributed by atoms with Gasteiger partial charge in [0.1, 0.15) is 18.2 Å². The minimum Gasteiger partial charge on any atom is -0.323 e. The number of nitrogens with zero attached hydrogens (tertiary/aromatic N) is 5. The van der Waals surface area contributed by atoms with Crippen molar-refractivity contribution in [1.29, 1.82) is 0 Å². The highest BCUT2D eigenvalue weighted by Gasteiger charge is 2.59. The van der Waals surface area contributed by atoms with Gasteiger partial charge in [0.25, 0.3) is 0 Å². The average molecular weight is 541 g/mol. The van der Waals surface area contributed by atoms with Gasteiger partial charge in [0, 0.05) is 17.0 Å². The standard InChI is InChI=1S/C27H30ClFN6O3/c1-16-25(17(2)33(32-16)14-21-22(28)4-3-5-23(21)29)31-24(36)11-26-7-18-6-19(8-26)10-27(9-18,15-26)34-13-20(12-30-34)35(37)38/h3-5,12-13,18-19H,6-11,14-15H2,1-2H3,(H,31,36). The highest BCUT2D eigenvalue weighted by molar-refractivity contribution is 6.31. The summed E-state index contributed by atoms with van der Waals surface area (Å²) in [6, 6.07) is 4.58. The van der Waals surface area contributed by atoms with Gasteiger partial charge in [-0.25, -0.2) is 4.39 Å². The van der Waals surface area contributed by atoms with Crippen LogP contribution in [0.3, 0.4) is 0 Å². The number of halogens is 2. The van der Waals surface area contributed by atoms with Crippen molar-refractivity contribution in [2.75, 3.05) is 5.32 Å². The van der Waals surface area contributed by atoms with Gasteiger partial charge in [-0.2, -0.15) is 10.2 Å². The van der Waals surface area contributed by atoms with Crippen LogP contribution < -0.4 is 5.32 Å². The molecular weight excluding hydrogens is 511 g/mol. The molecule has 4 bridgehead atoms. The number of anilines is 1. The van der Waals surface area contributed by atoms with Gasteiger partial charge in [-0.15, -0.1) is 0 Å². The fourth-order valence-electron chi connectivity index (χ4n) is 7.93. The summed E-state index contributed by atoms with van der Waals surface area (Å²) in [5, 5.41) is 23.7. The molecule has 1 aromatic carbocycles. The highest BCUT2D eigenvalue weighted by atomic mass is 35.5. The molecule has 2 atom stereocenters. The molecule has 1 N–H and O–H groups in total. The van der Waals surface area contributed by atoms with Crippen LogP contribution in [-0.2, 0) is 16.9 Å². The number of nitrogens with one attached hydrogen (secondary N) is 1. The van der Waals surface area contributed by atoms with E-state index in [4.69, 9.17) is 11.6 Å². The number of benzene rings is 1. The number of carbonyl (C=O) groups excluding carboxylic acids is 1. The Labute approximate surface area is 224 Å². The second kappa shape index (κ2) is 8.90. The topological polar surface area (TPSA) is 108 Å². The quantitative estimate of drug-likeness (QED) is 0.302. The third-order valence-electron chi connectivity index (χ3n) is 8.97. The lowest BCUT2D eigenvalue weighted by Crippen LogP contribution is -2.57. The highest BCUT2D eigenvalue weighted by Crippen LogP contribution is 2.65. The smallest absolute Gasteiger partial charge is 0.307 e. The van der Waals surface area contributed by atoms with E-state index in [-0.39, 0.29) is 29.1 Å². The summed E-state index contributed by atoms with van der Waals surface area (Å²) in [5.74, 6) is 0.519. The fourth-order valence-corrected chi connectivity index (χ4v) is 8.16. The second-order valence-electron chi connectivity index (χ2n) is 11.7. The number of hydrogen-bond acceptors (Lipinski definition) is 5. The Balaban J connectivity index is 1.21. The van der Waals surface area contributed by atoms with Crippen LogP contribution in [0.4, 0.5) is 15.8 Å². The first kappa shape index (κ1) is 25.0. The molecule has 200 valence electrons. The molecule has 3 aromatic rings. The largest absolute Gasteiger partial charge is 0.323 e. The van der Waals surface area contributed by atoms with E-state index in [2.05, 4.69) is 15.5 Å². The fraction of sp³-hybridized carbons (Fsp3) is 0.519. The molecule has 11 heteroatoms. The lowest BCUT2D eigenvalue weighted by molar-refractivity contribution is -0.385. The summed E-state index contributed by atoms with van der Waals surface area (Å²) in [7, 11) is 0. The molecule has 4 aliphatic carbocycles. The maximum atomic E-state index is 14.4. The second-order valence-corrected chi connectivity index (χ2v) is 12.1. The zero-order valence-electron chi connectivity index (χ0n) is 21.4. The van der Waals surface area contributed by atoms with Crippen LogP contribution in [0.25, 0.3) is 0 Å². The Kier molecular flexibility index (Phi) is 5.86. The molecule has 9 nitrogen and oxygen atoms in total. The SMILES string of the molecule is Cc1nn(Cc2c(F)cccc2Cl)c(C)c1NC(=O)CC12CC3CC(C1)CC(n1cc([N+](=O)[O-])cn1)(C3)C2. The van der Waals surface area contributed by atoms with E-state index in [1.165, 1.54) is 12.3 Å². The van der Waals surface area contributed by atoms with Gasteiger partial charge in [-0.05, 0) is 81.8 Å². The summed E-state index contributed by atoms with van der Waals surface area (Å²) in [5.41, 5.74) is 1.98. The van der Waals surface area contributed by atoms with Crippen LogP contribution in [0.5, 0.6) is 0 Å². The van der Waals surface area contributed by atoms with E-state index in [0.717, 1.165) is 44.2 Å². The van der Waals surface area contributed by atoms with E-state index in [9.17, 15) is 19.3 Å². The molecule has 4 saturated carbocycles. The van der Waals surface area contributed by atoms with E-state index >= 15 is 0 Å². The summed E-state index contributed by atoms with van der Waals surface area (Å²) in [6.07, 6.45) is 9.11. The third kappa shape index (κ3) is 4.19. The minimum absolute atomic E-state index is 0.00664. The predicted octanol–water partition coefficient (Wildman–Crippen LogP) is 5.77. The van der Waals surface area contributed by atoms with Gasteiger partial charge < -0.3 is 5.32 Å². The van der Waals surface area contributed by atoms with E-state index in [0.29, 0.717) is 40.2 Å². The molecule has 2 heterocycles. The van der Waals surface area contributed by atoms with Crippen LogP contribution in [0.15, 0.2) is 30.6 Å². The van der Waals surface area contributed by atoms with Crippen LogP contribution in [0.2, 0.25) is 5.02 Å². The molecule has 4 fully saturated rings. The molecule has 0 spiro atoms. The van der Waals surface area contributed by atoms with Crippen molar-refractivity contribution in [3.05, 3.63) is 68.5 Å². The predicted molar refractivity (Wildman–Crippen MR) is 139 cm³/mol. The first-order chi connectivity index (χ1) is 18.1.